The Hall–Kier alpha value is -2.38. The van der Waals surface area contributed by atoms with E-state index in [1.807, 2.05) is 0 Å². The standard InChI is InChI=1S/C25H26Si/c1-26(2)18-23-15-11-21(12-16-23)8-7-20-9-13-22(14-10-20)17-24-5-3-4-6-25(24)19-26/h3-16H,17-19H2,1-2H3/b8-7-. The van der Waals surface area contributed by atoms with Crippen molar-refractivity contribution in [2.24, 2.45) is 0 Å². The van der Waals surface area contributed by atoms with Crippen molar-refractivity contribution in [2.45, 2.75) is 31.6 Å². The molecule has 0 saturated heterocycles. The summed E-state index contributed by atoms with van der Waals surface area (Å²) in [6.07, 6.45) is 5.44. The normalized spacial score (nSPS) is 17.0. The molecule has 4 aliphatic heterocycles. The third kappa shape index (κ3) is 4.05. The zero-order chi connectivity index (χ0) is 18.0. The van der Waals surface area contributed by atoms with Crippen molar-refractivity contribution >= 4 is 20.2 Å². The molecule has 0 fully saturated rings. The van der Waals surface area contributed by atoms with Gasteiger partial charge in [0.2, 0.25) is 0 Å². The van der Waals surface area contributed by atoms with Crippen LogP contribution in [0.1, 0.15) is 33.4 Å². The summed E-state index contributed by atoms with van der Waals surface area (Å²) >= 11 is 0. The minimum Gasteiger partial charge on any atom is -0.0689 e. The highest BCUT2D eigenvalue weighted by Gasteiger charge is 2.23. The lowest BCUT2D eigenvalue weighted by Gasteiger charge is -2.24. The quantitative estimate of drug-likeness (QED) is 0.414. The lowest BCUT2D eigenvalue weighted by molar-refractivity contribution is 1.11. The summed E-state index contributed by atoms with van der Waals surface area (Å²) in [5, 5.41) is 0. The van der Waals surface area contributed by atoms with E-state index in [0.29, 0.717) is 0 Å². The van der Waals surface area contributed by atoms with Crippen LogP contribution in [0.5, 0.6) is 0 Å². The van der Waals surface area contributed by atoms with Gasteiger partial charge in [-0.25, -0.2) is 0 Å². The highest BCUT2D eigenvalue weighted by Crippen LogP contribution is 2.23. The number of rotatable bonds is 0. The Morgan fingerprint density at radius 3 is 1.73 bits per heavy atom. The van der Waals surface area contributed by atoms with Gasteiger partial charge in [-0.2, -0.15) is 0 Å². The monoisotopic (exact) mass is 354 g/mol. The summed E-state index contributed by atoms with van der Waals surface area (Å²) in [6.45, 7) is 5.05. The molecule has 3 aromatic rings. The second kappa shape index (κ2) is 7.09. The van der Waals surface area contributed by atoms with Crippen LogP contribution < -0.4 is 0 Å². The molecule has 0 amide bonds. The SMILES string of the molecule is C[Si]1(C)Cc2ccc(cc2)/C=C\c2ccc(cc2)Cc2ccccc2C1. The van der Waals surface area contributed by atoms with Crippen molar-refractivity contribution in [3.63, 3.8) is 0 Å². The maximum Gasteiger partial charge on any atom is 0.0561 e. The van der Waals surface area contributed by atoms with E-state index >= 15 is 0 Å². The van der Waals surface area contributed by atoms with Crippen LogP contribution in [0.25, 0.3) is 12.2 Å². The van der Waals surface area contributed by atoms with Gasteiger partial charge in [0, 0.05) is 0 Å². The molecule has 0 saturated carbocycles. The smallest absolute Gasteiger partial charge is 0.0561 e. The van der Waals surface area contributed by atoms with Crippen molar-refractivity contribution < 1.29 is 0 Å². The van der Waals surface area contributed by atoms with Gasteiger partial charge in [0.15, 0.2) is 0 Å². The summed E-state index contributed by atoms with van der Waals surface area (Å²) in [5.74, 6) is 0. The van der Waals surface area contributed by atoms with E-state index in [-0.39, 0.29) is 0 Å². The Morgan fingerprint density at radius 1 is 0.577 bits per heavy atom. The van der Waals surface area contributed by atoms with E-state index in [9.17, 15) is 0 Å². The van der Waals surface area contributed by atoms with Crippen LogP contribution in [0.2, 0.25) is 13.1 Å². The fourth-order valence-electron chi connectivity index (χ4n) is 3.94. The molecule has 3 aromatic carbocycles. The van der Waals surface area contributed by atoms with Crippen LogP contribution in [0, 0.1) is 0 Å². The van der Waals surface area contributed by atoms with Gasteiger partial charge in [0.1, 0.15) is 0 Å². The maximum absolute atomic E-state index is 2.52. The van der Waals surface area contributed by atoms with Gasteiger partial charge in [-0.3, -0.25) is 0 Å². The van der Waals surface area contributed by atoms with Gasteiger partial charge in [0.05, 0.1) is 8.07 Å². The van der Waals surface area contributed by atoms with Gasteiger partial charge in [-0.15, -0.1) is 0 Å². The lowest BCUT2D eigenvalue weighted by Crippen LogP contribution is -2.33. The lowest BCUT2D eigenvalue weighted by atomic mass is 9.99. The van der Waals surface area contributed by atoms with E-state index in [1.165, 1.54) is 45.5 Å². The highest BCUT2D eigenvalue weighted by molar-refractivity contribution is 6.76. The van der Waals surface area contributed by atoms with Crippen LogP contribution in [0.15, 0.2) is 72.8 Å². The van der Waals surface area contributed by atoms with Crippen molar-refractivity contribution in [1.29, 1.82) is 0 Å². The fraction of sp³-hybridized carbons (Fsp3) is 0.200. The van der Waals surface area contributed by atoms with Gasteiger partial charge in [-0.05, 0) is 46.3 Å². The van der Waals surface area contributed by atoms with Crippen LogP contribution in [-0.4, -0.2) is 8.07 Å². The Kier molecular flexibility index (Phi) is 4.65. The molecular formula is C25H26Si. The average Bonchev–Trinajstić information content (AvgIpc) is 2.63. The average molecular weight is 355 g/mol. The Bertz CT molecular complexity index is 915. The predicted molar refractivity (Wildman–Crippen MR) is 116 cm³/mol. The molecule has 0 aliphatic carbocycles. The zero-order valence-electron chi connectivity index (χ0n) is 15.7. The van der Waals surface area contributed by atoms with E-state index < -0.39 is 8.07 Å². The summed E-state index contributed by atoms with van der Waals surface area (Å²) in [5.41, 5.74) is 8.42. The minimum absolute atomic E-state index is 1.03. The van der Waals surface area contributed by atoms with Gasteiger partial charge in [-0.1, -0.05) is 104 Å². The minimum atomic E-state index is -1.37. The topological polar surface area (TPSA) is 0 Å². The summed E-state index contributed by atoms with van der Waals surface area (Å²) < 4.78 is 0. The molecule has 1 heteroatoms. The first-order valence-electron chi connectivity index (χ1n) is 9.50. The second-order valence-corrected chi connectivity index (χ2v) is 13.3. The van der Waals surface area contributed by atoms with Crippen LogP contribution >= 0.6 is 0 Å². The largest absolute Gasteiger partial charge is 0.0689 e. The van der Waals surface area contributed by atoms with Crippen molar-refractivity contribution in [3.8, 4) is 0 Å². The number of benzene rings is 3. The van der Waals surface area contributed by atoms with E-state index in [2.05, 4.69) is 98.0 Å². The molecule has 0 N–H and O–H groups in total. The van der Waals surface area contributed by atoms with E-state index in [0.717, 1.165) is 6.42 Å². The van der Waals surface area contributed by atoms with Crippen LogP contribution in [-0.2, 0) is 18.5 Å². The van der Waals surface area contributed by atoms with E-state index in [4.69, 9.17) is 0 Å². The molecule has 4 bridgehead atoms. The molecule has 4 heterocycles. The maximum atomic E-state index is 2.52. The number of hydrogen-bond acceptors (Lipinski definition) is 0. The first-order valence-corrected chi connectivity index (χ1v) is 12.9. The summed E-state index contributed by atoms with van der Waals surface area (Å²) in [7, 11) is -1.37. The predicted octanol–water partition coefficient (Wildman–Crippen LogP) is 6.33. The molecule has 0 aromatic heterocycles. The molecule has 0 unspecified atom stereocenters. The van der Waals surface area contributed by atoms with E-state index in [1.54, 1.807) is 0 Å². The van der Waals surface area contributed by atoms with Gasteiger partial charge >= 0.3 is 0 Å². The van der Waals surface area contributed by atoms with Crippen molar-refractivity contribution in [3.05, 3.63) is 106 Å². The van der Waals surface area contributed by atoms with Crippen LogP contribution in [0.4, 0.5) is 0 Å². The summed E-state index contributed by atoms with van der Waals surface area (Å²) in [4.78, 5) is 0. The molecule has 0 spiro atoms. The molecule has 130 valence electrons. The molecule has 0 radical (unpaired) electrons. The third-order valence-electron chi connectivity index (χ3n) is 5.29. The van der Waals surface area contributed by atoms with Gasteiger partial charge in [0.25, 0.3) is 0 Å². The Balaban J connectivity index is 1.79. The molecule has 26 heavy (non-hydrogen) atoms. The van der Waals surface area contributed by atoms with Gasteiger partial charge < -0.3 is 0 Å². The summed E-state index contributed by atoms with van der Waals surface area (Å²) in [6, 6.07) is 29.6. The molecule has 0 atom stereocenters. The van der Waals surface area contributed by atoms with Crippen LogP contribution in [0.3, 0.4) is 0 Å². The Labute approximate surface area is 158 Å². The third-order valence-corrected chi connectivity index (χ3v) is 8.00. The molecule has 0 nitrogen and oxygen atoms in total. The second-order valence-electron chi connectivity index (χ2n) is 8.28. The fourth-order valence-corrected chi connectivity index (χ4v) is 6.78. The first kappa shape index (κ1) is 17.1. The molecular weight excluding hydrogens is 328 g/mol. The van der Waals surface area contributed by atoms with Crippen molar-refractivity contribution in [2.75, 3.05) is 0 Å². The van der Waals surface area contributed by atoms with Crippen molar-refractivity contribution in [1.82, 2.24) is 0 Å². The Morgan fingerprint density at radius 2 is 1.12 bits per heavy atom. The molecule has 4 aliphatic rings. The molecule has 7 rings (SSSR count). The number of hydrogen-bond donors (Lipinski definition) is 0. The zero-order valence-corrected chi connectivity index (χ0v) is 16.7. The highest BCUT2D eigenvalue weighted by atomic mass is 28.3. The first-order chi connectivity index (χ1) is 12.6.